The zero-order chi connectivity index (χ0) is 26.4. The Kier molecular flexibility index (Phi) is 13.2. The van der Waals surface area contributed by atoms with E-state index in [2.05, 4.69) is 73.7 Å². The van der Waals surface area contributed by atoms with Crippen LogP contribution in [0.5, 0.6) is 0 Å². The van der Waals surface area contributed by atoms with Crippen LogP contribution in [-0.2, 0) is 17.1 Å². The number of nitrogens with two attached hydrogens (primary N) is 1. The van der Waals surface area contributed by atoms with Gasteiger partial charge in [-0.05, 0) is 79.3 Å². The number of rotatable bonds is 11. The molecule has 0 spiro atoms. The number of fused-ring (bicyclic) bond motifs is 8. The monoisotopic (exact) mass is 567 g/mol. The minimum absolute atomic E-state index is 0. The molecule has 0 amide bonds. The zero-order valence-corrected chi connectivity index (χ0v) is 23.8. The molecule has 2 aliphatic rings. The number of H-pyrrole nitrogens is 2. The Bertz CT molecular complexity index is 1270. The minimum atomic E-state index is 0. The molecule has 3 aromatic rings. The fraction of sp³-hybridized carbons (Fsp3) is 0.333. The molecule has 207 valence electrons. The second-order valence-electron chi connectivity index (χ2n) is 9.58. The number of hydrazine groups is 3. The number of hydrogen-bond donors (Lipinski definition) is 6. The van der Waals surface area contributed by atoms with Gasteiger partial charge >= 0.3 is 0 Å². The van der Waals surface area contributed by atoms with Crippen LogP contribution >= 0.6 is 0 Å². The van der Waals surface area contributed by atoms with Crippen LogP contribution in [0.1, 0.15) is 81.1 Å². The number of aromatic amines is 2. The molecular formula is C30H40MnN8. The maximum absolute atomic E-state index is 5.01. The summed E-state index contributed by atoms with van der Waals surface area (Å²) in [6.45, 7) is 3.23. The normalized spacial score (nSPS) is 11.6. The van der Waals surface area contributed by atoms with Crippen molar-refractivity contribution in [3.63, 3.8) is 0 Å². The SMILES string of the molecule is C1=Cc2cc3ccc(cc4ccc(cc5nc(cc1n2)C=C5)[nH]4)[nH]3.CCCCCCCCCCNNNN.[Mn]. The molecule has 8 nitrogen and oxygen atoms in total. The van der Waals surface area contributed by atoms with E-state index < -0.39 is 0 Å². The first-order chi connectivity index (χ1) is 18.7. The van der Waals surface area contributed by atoms with Gasteiger partial charge in [0.2, 0.25) is 0 Å². The van der Waals surface area contributed by atoms with Gasteiger partial charge in [0.1, 0.15) is 0 Å². The molecule has 0 unspecified atom stereocenters. The molecule has 0 atom stereocenters. The molecule has 9 heteroatoms. The van der Waals surface area contributed by atoms with Crippen molar-refractivity contribution < 1.29 is 17.1 Å². The van der Waals surface area contributed by atoms with Crippen LogP contribution in [0.15, 0.2) is 48.5 Å². The summed E-state index contributed by atoms with van der Waals surface area (Å²) in [4.78, 5) is 16.0. The average molecular weight is 568 g/mol. The maximum atomic E-state index is 5.01. The Hall–Kier alpha value is -3.04. The van der Waals surface area contributed by atoms with E-state index in [1.165, 1.54) is 51.4 Å². The summed E-state index contributed by atoms with van der Waals surface area (Å²) >= 11 is 0. The van der Waals surface area contributed by atoms with E-state index in [0.717, 1.165) is 51.4 Å². The summed E-state index contributed by atoms with van der Waals surface area (Å²) in [6.07, 6.45) is 18.9. The Morgan fingerprint density at radius 3 is 1.54 bits per heavy atom. The predicted molar refractivity (Wildman–Crippen MR) is 160 cm³/mol. The van der Waals surface area contributed by atoms with Crippen molar-refractivity contribution in [1.82, 2.24) is 36.4 Å². The average Bonchev–Trinajstić information content (AvgIpc) is 3.72. The van der Waals surface area contributed by atoms with Crippen LogP contribution in [0.25, 0.3) is 46.4 Å². The van der Waals surface area contributed by atoms with Gasteiger partial charge < -0.3 is 9.97 Å². The second-order valence-corrected chi connectivity index (χ2v) is 9.58. The van der Waals surface area contributed by atoms with Crippen LogP contribution < -0.4 is 22.3 Å². The second kappa shape index (κ2) is 16.8. The molecule has 0 saturated carbocycles. The Morgan fingerprint density at radius 1 is 0.615 bits per heavy atom. The van der Waals surface area contributed by atoms with Gasteiger partial charge in [-0.2, -0.15) is 11.1 Å². The van der Waals surface area contributed by atoms with Crippen molar-refractivity contribution in [2.24, 2.45) is 5.84 Å². The molecule has 0 aliphatic carbocycles. The Labute approximate surface area is 241 Å². The number of nitrogens with one attached hydrogen (secondary N) is 5. The molecule has 39 heavy (non-hydrogen) atoms. The first-order valence-electron chi connectivity index (χ1n) is 13.7. The number of aromatic nitrogens is 4. The van der Waals surface area contributed by atoms with Gasteiger partial charge in [-0.15, -0.1) is 0 Å². The van der Waals surface area contributed by atoms with Crippen molar-refractivity contribution in [1.29, 1.82) is 0 Å². The van der Waals surface area contributed by atoms with Gasteiger partial charge in [-0.3, -0.25) is 5.84 Å². The molecule has 2 aliphatic heterocycles. The van der Waals surface area contributed by atoms with Crippen LogP contribution in [0.3, 0.4) is 0 Å². The largest absolute Gasteiger partial charge is 0.355 e. The van der Waals surface area contributed by atoms with Crippen LogP contribution in [0.4, 0.5) is 0 Å². The zero-order valence-electron chi connectivity index (χ0n) is 22.6. The molecule has 0 fully saturated rings. The summed E-state index contributed by atoms with van der Waals surface area (Å²) in [7, 11) is 0. The van der Waals surface area contributed by atoms with E-state index in [9.17, 15) is 0 Å². The Morgan fingerprint density at radius 2 is 1.05 bits per heavy atom. The van der Waals surface area contributed by atoms with Crippen molar-refractivity contribution in [2.75, 3.05) is 6.54 Å². The maximum Gasteiger partial charge on any atom is 0.0659 e. The molecule has 1 radical (unpaired) electrons. The summed E-state index contributed by atoms with van der Waals surface area (Å²) in [5.74, 6) is 5.01. The van der Waals surface area contributed by atoms with E-state index in [4.69, 9.17) is 5.84 Å². The molecular weight excluding hydrogens is 527 g/mol. The predicted octanol–water partition coefficient (Wildman–Crippen LogP) is 6.25. The van der Waals surface area contributed by atoms with Gasteiger partial charge in [0.25, 0.3) is 0 Å². The van der Waals surface area contributed by atoms with Crippen molar-refractivity contribution >= 4 is 46.4 Å². The smallest absolute Gasteiger partial charge is 0.0659 e. The number of unbranched alkanes of at least 4 members (excludes halogenated alkanes) is 7. The molecule has 0 aromatic carbocycles. The van der Waals surface area contributed by atoms with Crippen molar-refractivity contribution in [3.05, 3.63) is 71.3 Å². The summed E-state index contributed by atoms with van der Waals surface area (Å²) in [5, 5.41) is 0. The van der Waals surface area contributed by atoms with E-state index in [1.807, 2.05) is 42.5 Å². The first kappa shape index (κ1) is 30.5. The van der Waals surface area contributed by atoms with E-state index in [1.54, 1.807) is 0 Å². The molecule has 8 bridgehead atoms. The third-order valence-electron chi connectivity index (χ3n) is 6.36. The van der Waals surface area contributed by atoms with Crippen LogP contribution in [0, 0.1) is 0 Å². The van der Waals surface area contributed by atoms with Gasteiger partial charge in [-0.25, -0.2) is 15.4 Å². The van der Waals surface area contributed by atoms with E-state index >= 15 is 0 Å². The third-order valence-corrected chi connectivity index (χ3v) is 6.36. The van der Waals surface area contributed by atoms with Gasteiger partial charge in [0.05, 0.1) is 22.8 Å². The van der Waals surface area contributed by atoms with Crippen molar-refractivity contribution in [3.8, 4) is 0 Å². The first-order valence-corrected chi connectivity index (χ1v) is 13.7. The Balaban J connectivity index is 0.000000245. The number of nitrogens with zero attached hydrogens (tertiary/aromatic N) is 2. The fourth-order valence-electron chi connectivity index (χ4n) is 4.40. The number of hydrogen-bond acceptors (Lipinski definition) is 6. The topological polar surface area (TPSA) is 119 Å². The van der Waals surface area contributed by atoms with Crippen molar-refractivity contribution in [2.45, 2.75) is 58.3 Å². The van der Waals surface area contributed by atoms with E-state index in [-0.39, 0.29) is 17.1 Å². The van der Waals surface area contributed by atoms with Gasteiger partial charge in [0, 0.05) is 45.7 Å². The fourth-order valence-corrected chi connectivity index (χ4v) is 4.40. The molecule has 3 aromatic heterocycles. The summed E-state index contributed by atoms with van der Waals surface area (Å²) in [6, 6.07) is 16.4. The van der Waals surface area contributed by atoms with Crippen LogP contribution in [-0.4, -0.2) is 26.5 Å². The molecule has 7 N–H and O–H groups in total. The quantitative estimate of drug-likeness (QED) is 0.0486. The summed E-state index contributed by atoms with van der Waals surface area (Å²) in [5.41, 5.74) is 15.8. The molecule has 5 heterocycles. The van der Waals surface area contributed by atoms with E-state index in [0.29, 0.717) is 0 Å². The molecule has 0 saturated heterocycles. The summed E-state index contributed by atoms with van der Waals surface area (Å²) < 4.78 is 0. The van der Waals surface area contributed by atoms with Crippen LogP contribution in [0.2, 0.25) is 0 Å². The standard InChI is InChI=1S/C20H14N4.C10H26N4.Mn/c1-2-14-10-16-5-6-18(23-16)12-20-8-7-19(24-20)11-17-4-3-15(22-17)9-13(1)21-14;1-2-3-4-5-6-7-8-9-10-12-14-13-11;/h1-12,21-22H;12-14H,2-11H2,1H3;. The minimum Gasteiger partial charge on any atom is -0.355 e. The third kappa shape index (κ3) is 10.6. The molecule has 5 rings (SSSR count). The van der Waals surface area contributed by atoms with Gasteiger partial charge in [-0.1, -0.05) is 51.9 Å². The van der Waals surface area contributed by atoms with Gasteiger partial charge in [0.15, 0.2) is 0 Å².